The third kappa shape index (κ3) is 6.88. The molecule has 5 aliphatic rings. The highest BCUT2D eigenvalue weighted by atomic mass is 16.5. The highest BCUT2D eigenvalue weighted by Crippen LogP contribution is 2.29. The normalized spacial score (nSPS) is 20.8. The number of imidazole rings is 1. The number of rotatable bonds is 3. The van der Waals surface area contributed by atoms with Crippen LogP contribution in [0.1, 0.15) is 35.4 Å². The maximum absolute atomic E-state index is 13.0. The Bertz CT molecular complexity index is 1290. The molecular weight excluding hydrogens is 498 g/mol. The van der Waals surface area contributed by atoms with E-state index in [1.165, 1.54) is 0 Å². The molecule has 1 fully saturated rings. The standard InChI is InChI=1S/C29H35N5O5/c1-19-23(32-18-31-19)15-34-12-11-25-24(16-34)33-29(36)17-38-26-9-5-20(13-27(26)37-2)6-10-28(35)30-14-21-3-7-22(39-25)8-4-21/h3-5,7-9,13,18,24-25H,6,10-12,14-17H2,1-2H3,(H,30,35)(H,31,32)(H,33,36)/t24-,25-/m1/s1. The van der Waals surface area contributed by atoms with Crippen molar-refractivity contribution in [1.29, 1.82) is 0 Å². The van der Waals surface area contributed by atoms with Crippen LogP contribution in [0.25, 0.3) is 0 Å². The highest BCUT2D eigenvalue weighted by Gasteiger charge is 2.32. The van der Waals surface area contributed by atoms with Gasteiger partial charge < -0.3 is 29.8 Å². The van der Waals surface area contributed by atoms with E-state index < -0.39 is 0 Å². The average molecular weight is 534 g/mol. The molecule has 8 rings (SSSR count). The first-order valence-electron chi connectivity index (χ1n) is 13.3. The number of aryl methyl sites for hydroxylation is 2. The summed E-state index contributed by atoms with van der Waals surface area (Å²) in [5.74, 6) is 1.45. The zero-order valence-corrected chi connectivity index (χ0v) is 22.4. The molecule has 2 atom stereocenters. The first kappa shape index (κ1) is 26.6. The van der Waals surface area contributed by atoms with Gasteiger partial charge in [-0.3, -0.25) is 14.5 Å². The summed E-state index contributed by atoms with van der Waals surface area (Å²) in [6, 6.07) is 13.0. The Morgan fingerprint density at radius 1 is 1.08 bits per heavy atom. The highest BCUT2D eigenvalue weighted by molar-refractivity contribution is 5.78. The van der Waals surface area contributed by atoms with E-state index in [0.717, 1.165) is 41.2 Å². The van der Waals surface area contributed by atoms with E-state index in [1.54, 1.807) is 19.5 Å². The molecular formula is C29H35N5O5. The van der Waals surface area contributed by atoms with Gasteiger partial charge in [0.25, 0.3) is 5.91 Å². The topological polar surface area (TPSA) is 118 Å². The van der Waals surface area contributed by atoms with Gasteiger partial charge in [0.05, 0.1) is 25.2 Å². The largest absolute Gasteiger partial charge is 0.493 e. The van der Waals surface area contributed by atoms with Crippen LogP contribution in [-0.4, -0.2) is 65.6 Å². The van der Waals surface area contributed by atoms with Crippen molar-refractivity contribution in [1.82, 2.24) is 25.5 Å². The van der Waals surface area contributed by atoms with Crippen LogP contribution in [0.2, 0.25) is 0 Å². The summed E-state index contributed by atoms with van der Waals surface area (Å²) in [6.07, 6.45) is 3.15. The smallest absolute Gasteiger partial charge is 0.258 e. The number of amides is 2. The lowest BCUT2D eigenvalue weighted by Crippen LogP contribution is -2.57. The number of likely N-dealkylation sites (tertiary alicyclic amines) is 1. The summed E-state index contributed by atoms with van der Waals surface area (Å²) in [5, 5.41) is 6.12. The van der Waals surface area contributed by atoms with Crippen LogP contribution in [0.3, 0.4) is 0 Å². The van der Waals surface area contributed by atoms with Gasteiger partial charge in [-0.15, -0.1) is 0 Å². The molecule has 0 unspecified atom stereocenters. The van der Waals surface area contributed by atoms with Crippen LogP contribution in [0, 0.1) is 6.92 Å². The number of hydrogen-bond donors (Lipinski definition) is 3. The molecule has 206 valence electrons. The van der Waals surface area contributed by atoms with E-state index in [1.807, 2.05) is 43.3 Å². The maximum atomic E-state index is 13.0. The Morgan fingerprint density at radius 3 is 2.67 bits per heavy atom. The zero-order valence-electron chi connectivity index (χ0n) is 22.4. The number of hydrogen-bond acceptors (Lipinski definition) is 7. The predicted octanol–water partition coefficient (Wildman–Crippen LogP) is 2.51. The number of piperidine rings is 1. The zero-order chi connectivity index (χ0) is 27.2. The van der Waals surface area contributed by atoms with Gasteiger partial charge in [-0.25, -0.2) is 4.98 Å². The number of aromatic nitrogens is 2. The van der Waals surface area contributed by atoms with Gasteiger partial charge >= 0.3 is 0 Å². The minimum Gasteiger partial charge on any atom is -0.493 e. The van der Waals surface area contributed by atoms with E-state index in [9.17, 15) is 9.59 Å². The molecule has 0 saturated carbocycles. The number of carbonyl (C=O) groups excluding carboxylic acids is 2. The fourth-order valence-corrected chi connectivity index (χ4v) is 4.97. The Hall–Kier alpha value is -4.05. The van der Waals surface area contributed by atoms with Crippen LogP contribution in [0.4, 0.5) is 0 Å². The van der Waals surface area contributed by atoms with E-state index in [4.69, 9.17) is 14.2 Å². The lowest BCUT2D eigenvalue weighted by Gasteiger charge is -2.38. The summed E-state index contributed by atoms with van der Waals surface area (Å²) in [5.41, 5.74) is 3.97. The molecule has 0 radical (unpaired) electrons. The van der Waals surface area contributed by atoms with Crippen molar-refractivity contribution in [2.45, 2.75) is 51.4 Å². The first-order valence-corrected chi connectivity index (χ1v) is 13.3. The quantitative estimate of drug-likeness (QED) is 0.474. The van der Waals surface area contributed by atoms with Crippen molar-refractivity contribution in [3.05, 3.63) is 71.3 Å². The molecule has 1 saturated heterocycles. The predicted molar refractivity (Wildman–Crippen MR) is 145 cm³/mol. The number of nitrogens with one attached hydrogen (secondary N) is 3. The van der Waals surface area contributed by atoms with E-state index >= 15 is 0 Å². The van der Waals surface area contributed by atoms with Crippen molar-refractivity contribution in [2.75, 3.05) is 26.8 Å². The number of benzene rings is 2. The molecule has 3 N–H and O–H groups in total. The van der Waals surface area contributed by atoms with Crippen LogP contribution in [0.15, 0.2) is 48.8 Å². The summed E-state index contributed by atoms with van der Waals surface area (Å²) in [4.78, 5) is 35.3. The van der Waals surface area contributed by atoms with Crippen molar-refractivity contribution >= 4 is 11.8 Å². The Kier molecular flexibility index (Phi) is 8.31. The Labute approximate surface area is 228 Å². The lowest BCUT2D eigenvalue weighted by atomic mass is 10.0. The maximum Gasteiger partial charge on any atom is 0.258 e. The van der Waals surface area contributed by atoms with Crippen molar-refractivity contribution in [3.63, 3.8) is 0 Å². The van der Waals surface area contributed by atoms with Gasteiger partial charge in [-0.1, -0.05) is 18.2 Å². The Balaban J connectivity index is 1.35. The molecule has 3 aromatic rings. The molecule has 6 heterocycles. The van der Waals surface area contributed by atoms with Crippen LogP contribution in [-0.2, 0) is 29.1 Å². The second-order valence-corrected chi connectivity index (χ2v) is 10.0. The number of ether oxygens (including phenoxy) is 3. The molecule has 2 amide bonds. The second-order valence-electron chi connectivity index (χ2n) is 10.0. The van der Waals surface area contributed by atoms with Crippen LogP contribution in [0.5, 0.6) is 17.2 Å². The van der Waals surface area contributed by atoms with E-state index in [-0.39, 0.29) is 30.6 Å². The van der Waals surface area contributed by atoms with Crippen LogP contribution >= 0.6 is 0 Å². The summed E-state index contributed by atoms with van der Waals surface area (Å²) >= 11 is 0. The SMILES string of the molecule is COc1cc2ccc1OCC(=O)N[C@@H]1CN(Cc3nc[nH]c3C)CC[C@H]1Oc1ccc(cc1)CNC(=O)CC2. The van der Waals surface area contributed by atoms with Gasteiger partial charge in [-0.05, 0) is 55.2 Å². The minimum absolute atomic E-state index is 0.0275. The molecule has 4 bridgehead atoms. The molecule has 10 nitrogen and oxygen atoms in total. The van der Waals surface area contributed by atoms with Crippen molar-refractivity contribution < 1.29 is 23.8 Å². The molecule has 5 aliphatic heterocycles. The molecule has 10 heteroatoms. The van der Waals surface area contributed by atoms with Crippen molar-refractivity contribution in [2.24, 2.45) is 0 Å². The number of methoxy groups -OCH3 is 1. The summed E-state index contributed by atoms with van der Waals surface area (Å²) < 4.78 is 17.7. The molecule has 2 aromatic carbocycles. The Morgan fingerprint density at radius 2 is 1.90 bits per heavy atom. The van der Waals surface area contributed by atoms with Gasteiger partial charge in [0, 0.05) is 38.3 Å². The fraction of sp³-hybridized carbons (Fsp3) is 0.414. The van der Waals surface area contributed by atoms with Gasteiger partial charge in [0.15, 0.2) is 18.1 Å². The number of aromatic amines is 1. The minimum atomic E-state index is -0.247. The van der Waals surface area contributed by atoms with Gasteiger partial charge in [0.2, 0.25) is 5.91 Å². The molecule has 0 spiro atoms. The molecule has 0 aliphatic carbocycles. The van der Waals surface area contributed by atoms with Gasteiger partial charge in [0.1, 0.15) is 11.9 Å². The van der Waals surface area contributed by atoms with E-state index in [0.29, 0.717) is 44.0 Å². The van der Waals surface area contributed by atoms with E-state index in [2.05, 4.69) is 25.5 Å². The monoisotopic (exact) mass is 533 g/mol. The number of H-pyrrole nitrogens is 1. The third-order valence-electron chi connectivity index (χ3n) is 7.22. The first-order chi connectivity index (χ1) is 19.0. The fourth-order valence-electron chi connectivity index (χ4n) is 4.97. The molecule has 1 aromatic heterocycles. The van der Waals surface area contributed by atoms with Crippen LogP contribution < -0.4 is 24.8 Å². The average Bonchev–Trinajstić information content (AvgIpc) is 3.35. The second kappa shape index (κ2) is 12.2. The number of carbonyl (C=O) groups is 2. The van der Waals surface area contributed by atoms with Gasteiger partial charge in [-0.2, -0.15) is 0 Å². The third-order valence-corrected chi connectivity index (χ3v) is 7.22. The number of nitrogens with zero attached hydrogens (tertiary/aromatic N) is 2. The van der Waals surface area contributed by atoms with Crippen molar-refractivity contribution in [3.8, 4) is 17.2 Å². The summed E-state index contributed by atoms with van der Waals surface area (Å²) in [7, 11) is 1.56. The summed E-state index contributed by atoms with van der Waals surface area (Å²) in [6.45, 7) is 4.41. The lowest BCUT2D eigenvalue weighted by molar-refractivity contribution is -0.125. The molecule has 39 heavy (non-hydrogen) atoms.